The van der Waals surface area contributed by atoms with Crippen molar-refractivity contribution in [2.24, 2.45) is 0 Å². The van der Waals surface area contributed by atoms with E-state index in [1.165, 1.54) is 0 Å². The summed E-state index contributed by atoms with van der Waals surface area (Å²) in [6.07, 6.45) is 0. The van der Waals surface area contributed by atoms with E-state index in [9.17, 15) is 9.59 Å². The first-order chi connectivity index (χ1) is 12.6. The van der Waals surface area contributed by atoms with Crippen LogP contribution in [0.4, 0.5) is 0 Å². The third-order valence-corrected chi connectivity index (χ3v) is 4.27. The molecule has 1 heterocycles. The number of likely N-dealkylation sites (N-methyl/N-ethyl adjacent to an activating group) is 1. The number of amides is 2. The Hall–Kier alpha value is -2.73. The lowest BCUT2D eigenvalue weighted by Crippen LogP contribution is -2.39. The average molecular weight is 375 g/mol. The first-order valence-electron chi connectivity index (χ1n) is 8.27. The van der Waals surface area contributed by atoms with Gasteiger partial charge in [-0.25, -0.2) is 0 Å². The highest BCUT2D eigenvalue weighted by Gasteiger charge is 2.17. The van der Waals surface area contributed by atoms with Gasteiger partial charge in [0.25, 0.3) is 5.91 Å². The molecule has 3 rings (SSSR count). The minimum absolute atomic E-state index is 0.0796. The van der Waals surface area contributed by atoms with Crippen molar-refractivity contribution < 1.29 is 19.1 Å². The summed E-state index contributed by atoms with van der Waals surface area (Å²) in [6.45, 7) is 2.98. The summed E-state index contributed by atoms with van der Waals surface area (Å²) in [6, 6.07) is 12.2. The Labute approximate surface area is 156 Å². The maximum atomic E-state index is 12.4. The van der Waals surface area contributed by atoms with Crippen molar-refractivity contribution in [3.05, 3.63) is 58.6 Å². The zero-order valence-electron chi connectivity index (χ0n) is 14.3. The molecular formula is C19H19ClN2O4. The van der Waals surface area contributed by atoms with Gasteiger partial charge >= 0.3 is 0 Å². The van der Waals surface area contributed by atoms with Gasteiger partial charge in [0.15, 0.2) is 11.5 Å². The molecule has 0 fully saturated rings. The molecule has 0 aliphatic carbocycles. The molecule has 7 heteroatoms. The standard InChI is InChI=1S/C19H19ClN2O4/c1-2-22(11-13-6-7-16-17(8-13)26-12-25-16)18(23)10-21-19(24)14-4-3-5-15(20)9-14/h3-9H,2,10-12H2,1H3,(H,21,24). The molecule has 0 atom stereocenters. The highest BCUT2D eigenvalue weighted by molar-refractivity contribution is 6.30. The molecule has 2 aromatic carbocycles. The molecule has 6 nitrogen and oxygen atoms in total. The highest BCUT2D eigenvalue weighted by atomic mass is 35.5. The van der Waals surface area contributed by atoms with Gasteiger partial charge < -0.3 is 19.7 Å². The molecule has 1 aliphatic heterocycles. The van der Waals surface area contributed by atoms with Crippen molar-refractivity contribution in [2.45, 2.75) is 13.5 Å². The van der Waals surface area contributed by atoms with Gasteiger partial charge in [0.1, 0.15) is 0 Å². The van der Waals surface area contributed by atoms with E-state index in [-0.39, 0.29) is 25.2 Å². The van der Waals surface area contributed by atoms with Gasteiger partial charge in [-0.05, 0) is 42.8 Å². The molecule has 2 aromatic rings. The van der Waals surface area contributed by atoms with Crippen LogP contribution >= 0.6 is 11.6 Å². The summed E-state index contributed by atoms with van der Waals surface area (Å²) in [4.78, 5) is 26.2. The van der Waals surface area contributed by atoms with Crippen LogP contribution in [0.3, 0.4) is 0 Å². The first-order valence-corrected chi connectivity index (χ1v) is 8.64. The van der Waals surface area contributed by atoms with Crippen LogP contribution in [-0.4, -0.2) is 36.6 Å². The second-order valence-electron chi connectivity index (χ2n) is 5.79. The molecule has 0 aromatic heterocycles. The number of hydrogen-bond acceptors (Lipinski definition) is 4. The van der Waals surface area contributed by atoms with Crippen molar-refractivity contribution in [2.75, 3.05) is 19.9 Å². The van der Waals surface area contributed by atoms with Crippen molar-refractivity contribution in [3.63, 3.8) is 0 Å². The number of nitrogens with one attached hydrogen (secondary N) is 1. The zero-order valence-corrected chi connectivity index (χ0v) is 15.1. The second-order valence-corrected chi connectivity index (χ2v) is 6.22. The number of ether oxygens (including phenoxy) is 2. The number of carbonyl (C=O) groups excluding carboxylic acids is 2. The second kappa shape index (κ2) is 8.10. The number of halogens is 1. The SMILES string of the molecule is CCN(Cc1ccc2c(c1)OCO2)C(=O)CNC(=O)c1cccc(Cl)c1. The van der Waals surface area contributed by atoms with E-state index >= 15 is 0 Å². The van der Waals surface area contributed by atoms with E-state index in [1.54, 1.807) is 29.2 Å². The van der Waals surface area contributed by atoms with Crippen LogP contribution in [0.1, 0.15) is 22.8 Å². The molecule has 0 radical (unpaired) electrons. The van der Waals surface area contributed by atoms with E-state index < -0.39 is 0 Å². The minimum Gasteiger partial charge on any atom is -0.454 e. The summed E-state index contributed by atoms with van der Waals surface area (Å²) in [5.74, 6) is 0.887. The Morgan fingerprint density at radius 1 is 1.15 bits per heavy atom. The van der Waals surface area contributed by atoms with Crippen molar-refractivity contribution >= 4 is 23.4 Å². The number of carbonyl (C=O) groups is 2. The van der Waals surface area contributed by atoms with Crippen LogP contribution in [0.2, 0.25) is 5.02 Å². The van der Waals surface area contributed by atoms with Gasteiger partial charge in [0.2, 0.25) is 12.7 Å². The molecule has 0 spiro atoms. The van der Waals surface area contributed by atoms with Crippen LogP contribution < -0.4 is 14.8 Å². The monoisotopic (exact) mass is 374 g/mol. The van der Waals surface area contributed by atoms with E-state index in [0.29, 0.717) is 35.2 Å². The summed E-state index contributed by atoms with van der Waals surface area (Å²) in [5, 5.41) is 3.11. The largest absolute Gasteiger partial charge is 0.454 e. The fourth-order valence-corrected chi connectivity index (χ4v) is 2.83. The Bertz CT molecular complexity index is 825. The molecule has 0 saturated carbocycles. The lowest BCUT2D eigenvalue weighted by molar-refractivity contribution is -0.130. The van der Waals surface area contributed by atoms with E-state index in [4.69, 9.17) is 21.1 Å². The molecule has 2 amide bonds. The Morgan fingerprint density at radius 3 is 2.73 bits per heavy atom. The molecule has 136 valence electrons. The highest BCUT2D eigenvalue weighted by Crippen LogP contribution is 2.32. The van der Waals surface area contributed by atoms with Crippen molar-refractivity contribution in [1.82, 2.24) is 10.2 Å². The van der Waals surface area contributed by atoms with Gasteiger partial charge in [-0.2, -0.15) is 0 Å². The number of nitrogens with zero attached hydrogens (tertiary/aromatic N) is 1. The van der Waals surface area contributed by atoms with Gasteiger partial charge in [-0.1, -0.05) is 23.7 Å². The lowest BCUT2D eigenvalue weighted by Gasteiger charge is -2.21. The fourth-order valence-electron chi connectivity index (χ4n) is 2.64. The van der Waals surface area contributed by atoms with E-state index in [1.807, 2.05) is 25.1 Å². The van der Waals surface area contributed by atoms with Crippen LogP contribution in [0.25, 0.3) is 0 Å². The van der Waals surface area contributed by atoms with Crippen LogP contribution in [-0.2, 0) is 11.3 Å². The average Bonchev–Trinajstić information content (AvgIpc) is 3.11. The maximum absolute atomic E-state index is 12.4. The van der Waals surface area contributed by atoms with Crippen LogP contribution in [0.15, 0.2) is 42.5 Å². The van der Waals surface area contributed by atoms with Crippen LogP contribution in [0.5, 0.6) is 11.5 Å². The molecule has 1 aliphatic rings. The molecule has 0 unspecified atom stereocenters. The lowest BCUT2D eigenvalue weighted by atomic mass is 10.2. The zero-order chi connectivity index (χ0) is 18.5. The molecule has 0 saturated heterocycles. The first kappa shape index (κ1) is 18.1. The van der Waals surface area contributed by atoms with Crippen LogP contribution in [0, 0.1) is 0 Å². The number of hydrogen-bond donors (Lipinski definition) is 1. The van der Waals surface area contributed by atoms with Gasteiger partial charge in [0.05, 0.1) is 6.54 Å². The van der Waals surface area contributed by atoms with Gasteiger partial charge in [-0.15, -0.1) is 0 Å². The predicted octanol–water partition coefficient (Wildman–Crippen LogP) is 2.85. The van der Waals surface area contributed by atoms with E-state index in [0.717, 1.165) is 5.56 Å². The summed E-state index contributed by atoms with van der Waals surface area (Å²) in [5.41, 5.74) is 1.36. The quantitative estimate of drug-likeness (QED) is 0.844. The normalized spacial score (nSPS) is 11.9. The number of fused-ring (bicyclic) bond motifs is 1. The van der Waals surface area contributed by atoms with Gasteiger partial charge in [-0.3, -0.25) is 9.59 Å². The molecule has 1 N–H and O–H groups in total. The Kier molecular flexibility index (Phi) is 5.63. The number of rotatable bonds is 6. The molecule has 26 heavy (non-hydrogen) atoms. The Balaban J connectivity index is 1.57. The maximum Gasteiger partial charge on any atom is 0.251 e. The van der Waals surface area contributed by atoms with Gasteiger partial charge in [0, 0.05) is 23.7 Å². The Morgan fingerprint density at radius 2 is 1.96 bits per heavy atom. The third-order valence-electron chi connectivity index (χ3n) is 4.03. The summed E-state index contributed by atoms with van der Waals surface area (Å²) in [7, 11) is 0. The summed E-state index contributed by atoms with van der Waals surface area (Å²) < 4.78 is 10.6. The van der Waals surface area contributed by atoms with Crippen molar-refractivity contribution in [3.8, 4) is 11.5 Å². The minimum atomic E-state index is -0.333. The third kappa shape index (κ3) is 4.26. The predicted molar refractivity (Wildman–Crippen MR) is 97.4 cm³/mol. The fraction of sp³-hybridized carbons (Fsp3) is 0.263. The molecule has 0 bridgehead atoms. The summed E-state index contributed by atoms with van der Waals surface area (Å²) >= 11 is 5.88. The van der Waals surface area contributed by atoms with Crippen molar-refractivity contribution in [1.29, 1.82) is 0 Å². The number of benzene rings is 2. The smallest absolute Gasteiger partial charge is 0.251 e. The topological polar surface area (TPSA) is 67.9 Å². The van der Waals surface area contributed by atoms with E-state index in [2.05, 4.69) is 5.32 Å². The molecular weight excluding hydrogens is 356 g/mol.